The van der Waals surface area contributed by atoms with Gasteiger partial charge in [0.1, 0.15) is 12.7 Å². The number of benzene rings is 1. The smallest absolute Gasteiger partial charge is 0.331 e. The molecule has 6 nitrogen and oxygen atoms in total. The molecule has 46 heavy (non-hydrogen) atoms. The third-order valence-electron chi connectivity index (χ3n) is 13.2. The summed E-state index contributed by atoms with van der Waals surface area (Å²) in [6.45, 7) is 16.9. The fourth-order valence-electron chi connectivity index (χ4n) is 10.9. The molecule has 4 aliphatic carbocycles. The zero-order valence-electron chi connectivity index (χ0n) is 29.6. The maximum Gasteiger partial charge on any atom is 0.331 e. The van der Waals surface area contributed by atoms with Crippen molar-refractivity contribution in [2.45, 2.75) is 125 Å². The Bertz CT molecular complexity index is 1350. The van der Waals surface area contributed by atoms with Crippen molar-refractivity contribution in [3.8, 4) is 0 Å². The SMILES string of the molecule is CC(C)CCCC(C)C1CCC2C3CC=C4C(C)(C)C(OC(=O)/C=C\C(=O)OCc5ccc(N)cc5N)CCC4(C)C3CCC12C. The van der Waals surface area contributed by atoms with Crippen LogP contribution in [-0.4, -0.2) is 18.0 Å². The number of hydrogen-bond donors (Lipinski definition) is 2. The first kappa shape index (κ1) is 34.6. The fourth-order valence-corrected chi connectivity index (χ4v) is 10.9. The van der Waals surface area contributed by atoms with Crippen molar-refractivity contribution in [1.29, 1.82) is 0 Å². The second-order valence-electron chi connectivity index (χ2n) is 16.8. The third-order valence-corrected chi connectivity index (χ3v) is 13.2. The van der Waals surface area contributed by atoms with Crippen LogP contribution in [0.25, 0.3) is 0 Å². The van der Waals surface area contributed by atoms with Gasteiger partial charge in [-0.25, -0.2) is 9.59 Å². The summed E-state index contributed by atoms with van der Waals surface area (Å²) in [5.74, 6) is 3.62. The largest absolute Gasteiger partial charge is 0.458 e. The number of rotatable bonds is 10. The van der Waals surface area contributed by atoms with E-state index in [0.29, 0.717) is 28.3 Å². The van der Waals surface area contributed by atoms with Crippen molar-refractivity contribution in [2.24, 2.45) is 51.8 Å². The Morgan fingerprint density at radius 1 is 0.935 bits per heavy atom. The predicted octanol–water partition coefficient (Wildman–Crippen LogP) is 9.04. The minimum absolute atomic E-state index is 0.00682. The maximum atomic E-state index is 12.9. The fraction of sp³-hybridized carbons (Fsp3) is 0.700. The summed E-state index contributed by atoms with van der Waals surface area (Å²) in [4.78, 5) is 25.2. The highest BCUT2D eigenvalue weighted by atomic mass is 16.5. The summed E-state index contributed by atoms with van der Waals surface area (Å²) in [7, 11) is 0. The van der Waals surface area contributed by atoms with E-state index >= 15 is 0 Å². The van der Waals surface area contributed by atoms with Crippen LogP contribution in [0.5, 0.6) is 0 Å². The van der Waals surface area contributed by atoms with Gasteiger partial charge in [0.2, 0.25) is 0 Å². The van der Waals surface area contributed by atoms with E-state index in [1.54, 1.807) is 18.2 Å². The van der Waals surface area contributed by atoms with Crippen LogP contribution in [0.3, 0.4) is 0 Å². The lowest BCUT2D eigenvalue weighted by molar-refractivity contribution is -0.154. The van der Waals surface area contributed by atoms with Gasteiger partial charge in [0.05, 0.1) is 0 Å². The quantitative estimate of drug-likeness (QED) is 0.115. The average molecular weight is 633 g/mol. The highest BCUT2D eigenvalue weighted by Gasteiger charge is 2.61. The lowest BCUT2D eigenvalue weighted by Gasteiger charge is -2.61. The zero-order valence-corrected chi connectivity index (χ0v) is 29.6. The van der Waals surface area contributed by atoms with E-state index in [-0.39, 0.29) is 23.5 Å². The van der Waals surface area contributed by atoms with E-state index in [4.69, 9.17) is 20.9 Å². The number of carbonyl (C=O) groups excluding carboxylic acids is 2. The topological polar surface area (TPSA) is 105 Å². The van der Waals surface area contributed by atoms with E-state index in [2.05, 4.69) is 54.5 Å². The Morgan fingerprint density at radius 3 is 2.39 bits per heavy atom. The van der Waals surface area contributed by atoms with E-state index in [1.165, 1.54) is 56.6 Å². The summed E-state index contributed by atoms with van der Waals surface area (Å²) in [5.41, 5.74) is 15.2. The van der Waals surface area contributed by atoms with Crippen LogP contribution in [0.4, 0.5) is 11.4 Å². The highest BCUT2D eigenvalue weighted by molar-refractivity contribution is 5.91. The van der Waals surface area contributed by atoms with Gasteiger partial charge in [0.15, 0.2) is 0 Å². The number of ether oxygens (including phenoxy) is 2. The van der Waals surface area contributed by atoms with Crippen LogP contribution < -0.4 is 11.5 Å². The number of anilines is 2. The third kappa shape index (κ3) is 6.65. The molecule has 8 unspecified atom stereocenters. The number of carbonyl (C=O) groups is 2. The van der Waals surface area contributed by atoms with Gasteiger partial charge in [-0.3, -0.25) is 0 Å². The van der Waals surface area contributed by atoms with Gasteiger partial charge in [-0.05, 0) is 103 Å². The van der Waals surface area contributed by atoms with Crippen molar-refractivity contribution < 1.29 is 19.1 Å². The number of hydrogen-bond acceptors (Lipinski definition) is 6. The summed E-state index contributed by atoms with van der Waals surface area (Å²) in [6.07, 6.45) is 17.2. The molecule has 0 saturated heterocycles. The van der Waals surface area contributed by atoms with E-state index in [0.717, 1.165) is 54.9 Å². The Kier molecular flexibility index (Phi) is 10.1. The summed E-state index contributed by atoms with van der Waals surface area (Å²) < 4.78 is 11.3. The van der Waals surface area contributed by atoms with Gasteiger partial charge < -0.3 is 20.9 Å². The van der Waals surface area contributed by atoms with Crippen LogP contribution in [0, 0.1) is 51.8 Å². The maximum absolute atomic E-state index is 12.9. The Morgan fingerprint density at radius 2 is 1.67 bits per heavy atom. The van der Waals surface area contributed by atoms with Crippen molar-refractivity contribution in [3.05, 3.63) is 47.6 Å². The van der Waals surface area contributed by atoms with Crippen LogP contribution in [0.2, 0.25) is 0 Å². The molecular weight excluding hydrogens is 572 g/mol. The minimum atomic E-state index is -0.618. The van der Waals surface area contributed by atoms with Crippen LogP contribution in [-0.2, 0) is 25.7 Å². The standard InChI is InChI=1S/C40H60N2O4/c1-25(2)9-8-10-26(3)30-14-15-31-29-13-16-34-38(4,5)35(20-22-40(34,7)32(29)19-21-39(30,31)6)46-37(44)18-17-36(43)45-24-27-11-12-28(41)23-33(27)42/h11-12,16-18,23,25-26,29-32,35H,8-10,13-15,19-22,24,41-42H2,1-7H3/b18-17-. The van der Waals surface area contributed by atoms with Crippen LogP contribution >= 0.6 is 0 Å². The monoisotopic (exact) mass is 632 g/mol. The van der Waals surface area contributed by atoms with Crippen molar-refractivity contribution in [1.82, 2.24) is 0 Å². The van der Waals surface area contributed by atoms with E-state index in [1.807, 2.05) is 0 Å². The first-order chi connectivity index (χ1) is 21.7. The number of esters is 2. The average Bonchev–Trinajstić information content (AvgIpc) is 3.34. The van der Waals surface area contributed by atoms with Crippen LogP contribution in [0.1, 0.15) is 118 Å². The molecule has 0 aliphatic heterocycles. The van der Waals surface area contributed by atoms with Gasteiger partial charge in [0, 0.05) is 34.5 Å². The molecule has 6 heteroatoms. The van der Waals surface area contributed by atoms with Gasteiger partial charge >= 0.3 is 11.9 Å². The van der Waals surface area contributed by atoms with Gasteiger partial charge in [-0.15, -0.1) is 0 Å². The van der Waals surface area contributed by atoms with Crippen molar-refractivity contribution >= 4 is 23.3 Å². The molecule has 3 saturated carbocycles. The first-order valence-corrected chi connectivity index (χ1v) is 18.1. The summed E-state index contributed by atoms with van der Waals surface area (Å²) >= 11 is 0. The lowest BCUT2D eigenvalue weighted by Crippen LogP contribution is -2.55. The Balaban J connectivity index is 1.21. The summed E-state index contributed by atoms with van der Waals surface area (Å²) in [6, 6.07) is 5.06. The van der Waals surface area contributed by atoms with Crippen molar-refractivity contribution in [2.75, 3.05) is 11.5 Å². The molecule has 8 atom stereocenters. The molecule has 4 N–H and O–H groups in total. The molecular formula is C40H60N2O4. The second-order valence-corrected chi connectivity index (χ2v) is 16.8. The number of nitrogen functional groups attached to an aromatic ring is 2. The molecule has 5 rings (SSSR count). The van der Waals surface area contributed by atoms with Gasteiger partial charge in [-0.1, -0.05) is 85.4 Å². The molecule has 0 amide bonds. The number of nitrogens with two attached hydrogens (primary N) is 2. The van der Waals surface area contributed by atoms with Crippen LogP contribution in [0.15, 0.2) is 42.0 Å². The number of allylic oxidation sites excluding steroid dienone is 1. The molecule has 0 bridgehead atoms. The Labute approximate surface area is 278 Å². The molecule has 3 fully saturated rings. The highest BCUT2D eigenvalue weighted by Crippen LogP contribution is 2.69. The Hall–Kier alpha value is -2.76. The van der Waals surface area contributed by atoms with Gasteiger partial charge in [-0.2, -0.15) is 0 Å². The molecule has 0 spiro atoms. The van der Waals surface area contributed by atoms with E-state index < -0.39 is 11.9 Å². The molecule has 0 radical (unpaired) electrons. The molecule has 254 valence electrons. The molecule has 0 aromatic heterocycles. The molecule has 1 aromatic rings. The van der Waals surface area contributed by atoms with E-state index in [9.17, 15) is 9.59 Å². The van der Waals surface area contributed by atoms with Gasteiger partial charge in [0.25, 0.3) is 0 Å². The first-order valence-electron chi connectivity index (χ1n) is 18.1. The predicted molar refractivity (Wildman–Crippen MR) is 186 cm³/mol. The zero-order chi connectivity index (χ0) is 33.4. The molecule has 4 aliphatic rings. The summed E-state index contributed by atoms with van der Waals surface area (Å²) in [5, 5.41) is 0. The van der Waals surface area contributed by atoms with Crippen molar-refractivity contribution in [3.63, 3.8) is 0 Å². The molecule has 0 heterocycles. The minimum Gasteiger partial charge on any atom is -0.458 e. The normalized spacial score (nSPS) is 33.9. The molecule has 1 aromatic carbocycles. The lowest BCUT2D eigenvalue weighted by atomic mass is 9.44. The number of fused-ring (bicyclic) bond motifs is 5. The second kappa shape index (κ2) is 13.4.